The molecule has 3 fully saturated rings. The molecule has 3 rings (SSSR count). The van der Waals surface area contributed by atoms with Crippen molar-refractivity contribution in [2.75, 3.05) is 20.4 Å². The molecule has 0 saturated heterocycles. The van der Waals surface area contributed by atoms with Gasteiger partial charge in [-0.15, -0.1) is 0 Å². The molecule has 5 heteroatoms. The normalized spacial score (nSPS) is 49.1. The largest absolute Gasteiger partial charge is 0.392 e. The van der Waals surface area contributed by atoms with E-state index in [1.165, 1.54) is 0 Å². The van der Waals surface area contributed by atoms with Crippen LogP contribution in [0.5, 0.6) is 0 Å². The first kappa shape index (κ1) is 21.9. The van der Waals surface area contributed by atoms with Gasteiger partial charge in [0.05, 0.1) is 12.2 Å². The lowest BCUT2D eigenvalue weighted by molar-refractivity contribution is -0.210. The number of aliphatic imine (C=N–C) groups is 1. The highest BCUT2D eigenvalue weighted by Crippen LogP contribution is 2.67. The zero-order valence-corrected chi connectivity index (χ0v) is 18.5. The molecular weight excluding hydrogens is 354 g/mol. The third-order valence-electron chi connectivity index (χ3n) is 8.76. The number of hydrogen-bond donors (Lipinski definition) is 1. The first-order chi connectivity index (χ1) is 13.2. The number of ether oxygens (including phenoxy) is 2. The fourth-order valence-corrected chi connectivity index (χ4v) is 7.05. The van der Waals surface area contributed by atoms with E-state index in [9.17, 15) is 9.90 Å². The monoisotopic (exact) mass is 393 g/mol. The van der Waals surface area contributed by atoms with Gasteiger partial charge in [-0.05, 0) is 49.9 Å². The minimum atomic E-state index is -0.566. The minimum absolute atomic E-state index is 0.0879. The summed E-state index contributed by atoms with van der Waals surface area (Å²) in [4.78, 5) is 17.8. The van der Waals surface area contributed by atoms with Crippen LogP contribution < -0.4 is 0 Å². The fraction of sp³-hybridized carbons (Fsp3) is 0.913. The second-order valence-corrected chi connectivity index (χ2v) is 10.1. The molecule has 1 N–H and O–H groups in total. The molecule has 0 heterocycles. The van der Waals surface area contributed by atoms with Crippen LogP contribution >= 0.6 is 0 Å². The van der Waals surface area contributed by atoms with Crippen molar-refractivity contribution in [3.8, 4) is 0 Å². The van der Waals surface area contributed by atoms with Crippen LogP contribution in [0.15, 0.2) is 4.99 Å². The first-order valence-electron chi connectivity index (χ1n) is 11.0. The summed E-state index contributed by atoms with van der Waals surface area (Å²) in [6, 6.07) is 0. The third kappa shape index (κ3) is 3.09. The maximum absolute atomic E-state index is 13.2. The zero-order chi connectivity index (χ0) is 20.7. The number of hydrogen-bond acceptors (Lipinski definition) is 5. The first-order valence-corrected chi connectivity index (χ1v) is 11.0. The highest BCUT2D eigenvalue weighted by atomic mass is 16.7. The topological polar surface area (TPSA) is 68.1 Å². The molecule has 3 aliphatic carbocycles. The van der Waals surface area contributed by atoms with Crippen LogP contribution in [0.1, 0.15) is 66.7 Å². The van der Waals surface area contributed by atoms with Gasteiger partial charge in [-0.2, -0.15) is 0 Å². The van der Waals surface area contributed by atoms with E-state index >= 15 is 0 Å². The Hall–Kier alpha value is -0.780. The Morgan fingerprint density at radius 2 is 2.00 bits per heavy atom. The van der Waals surface area contributed by atoms with E-state index in [4.69, 9.17) is 9.47 Å². The van der Waals surface area contributed by atoms with Crippen LogP contribution in [0.2, 0.25) is 0 Å². The van der Waals surface area contributed by atoms with Gasteiger partial charge in [-0.1, -0.05) is 27.7 Å². The SMILES string of the molecule is CCN=C[C@]1(C)C[C@@H](O)[C@@]2(C)C3C(=O)CCC3(CC[C@H]2C)[C@@H](C)[C@@H]1OCOC. The van der Waals surface area contributed by atoms with Gasteiger partial charge >= 0.3 is 0 Å². The molecule has 2 unspecified atom stereocenters. The van der Waals surface area contributed by atoms with Crippen molar-refractivity contribution in [3.05, 3.63) is 0 Å². The molecule has 8 atom stereocenters. The van der Waals surface area contributed by atoms with Crippen molar-refractivity contribution in [2.45, 2.75) is 78.9 Å². The van der Waals surface area contributed by atoms with Crippen LogP contribution in [0.3, 0.4) is 0 Å². The van der Waals surface area contributed by atoms with Gasteiger partial charge < -0.3 is 14.6 Å². The molecule has 3 aliphatic rings. The summed E-state index contributed by atoms with van der Waals surface area (Å²) in [6.45, 7) is 11.8. The minimum Gasteiger partial charge on any atom is -0.392 e. The van der Waals surface area contributed by atoms with Crippen molar-refractivity contribution < 1.29 is 19.4 Å². The lowest BCUT2D eigenvalue weighted by atomic mass is 9.44. The Labute approximate surface area is 170 Å². The molecule has 2 bridgehead atoms. The average Bonchev–Trinajstić information content (AvgIpc) is 3.01. The molecular formula is C23H39NO4. The summed E-state index contributed by atoms with van der Waals surface area (Å²) in [5.74, 6) is 0.761. The number of rotatable bonds is 5. The van der Waals surface area contributed by atoms with E-state index in [1.807, 2.05) is 13.1 Å². The number of methoxy groups -OCH3 is 1. The second-order valence-electron chi connectivity index (χ2n) is 10.1. The van der Waals surface area contributed by atoms with Crippen molar-refractivity contribution in [2.24, 2.45) is 39.0 Å². The van der Waals surface area contributed by atoms with Gasteiger partial charge in [0.2, 0.25) is 0 Å². The summed E-state index contributed by atoms with van der Waals surface area (Å²) in [5.41, 5.74) is -0.914. The number of nitrogens with zero attached hydrogens (tertiary/aromatic N) is 1. The molecule has 160 valence electrons. The van der Waals surface area contributed by atoms with Crippen molar-refractivity contribution in [1.29, 1.82) is 0 Å². The number of ketones is 1. The van der Waals surface area contributed by atoms with Crippen LogP contribution in [0.25, 0.3) is 0 Å². The Balaban J connectivity index is 2.16. The predicted octanol–water partition coefficient (Wildman–Crippen LogP) is 3.87. The van der Waals surface area contributed by atoms with E-state index in [0.29, 0.717) is 31.1 Å². The highest BCUT2D eigenvalue weighted by Gasteiger charge is 2.67. The predicted molar refractivity (Wildman–Crippen MR) is 110 cm³/mol. The maximum Gasteiger partial charge on any atom is 0.146 e. The summed E-state index contributed by atoms with van der Waals surface area (Å²) >= 11 is 0. The molecule has 0 amide bonds. The number of carbonyl (C=O) groups is 1. The number of aliphatic hydroxyl groups excluding tert-OH is 1. The van der Waals surface area contributed by atoms with Crippen molar-refractivity contribution in [3.63, 3.8) is 0 Å². The van der Waals surface area contributed by atoms with Crippen LogP contribution in [0.4, 0.5) is 0 Å². The van der Waals surface area contributed by atoms with Gasteiger partial charge in [0, 0.05) is 43.0 Å². The highest BCUT2D eigenvalue weighted by molar-refractivity contribution is 5.85. The molecule has 0 aromatic rings. The number of carbonyl (C=O) groups excluding carboxylic acids is 1. The third-order valence-corrected chi connectivity index (χ3v) is 8.76. The molecule has 0 aromatic carbocycles. The number of Topliss-reactive ketones (excluding diaryl/α,β-unsaturated/α-hetero) is 1. The smallest absolute Gasteiger partial charge is 0.146 e. The van der Waals surface area contributed by atoms with Crippen LogP contribution in [-0.4, -0.2) is 49.8 Å². The van der Waals surface area contributed by atoms with E-state index in [0.717, 1.165) is 19.3 Å². The summed E-state index contributed by atoms with van der Waals surface area (Å²) in [7, 11) is 1.64. The molecule has 0 radical (unpaired) electrons. The molecule has 28 heavy (non-hydrogen) atoms. The summed E-state index contributed by atoms with van der Waals surface area (Å²) < 4.78 is 11.6. The fourth-order valence-electron chi connectivity index (χ4n) is 7.05. The van der Waals surface area contributed by atoms with E-state index in [-0.39, 0.29) is 30.1 Å². The average molecular weight is 394 g/mol. The second kappa shape index (κ2) is 7.81. The van der Waals surface area contributed by atoms with Crippen molar-refractivity contribution >= 4 is 12.0 Å². The molecule has 3 saturated carbocycles. The zero-order valence-electron chi connectivity index (χ0n) is 18.5. The lowest BCUT2D eigenvalue weighted by Gasteiger charge is -2.61. The Bertz CT molecular complexity index is 622. The van der Waals surface area contributed by atoms with Gasteiger partial charge in [0.1, 0.15) is 12.6 Å². The van der Waals surface area contributed by atoms with Crippen LogP contribution in [-0.2, 0) is 14.3 Å². The van der Waals surface area contributed by atoms with E-state index in [1.54, 1.807) is 7.11 Å². The maximum atomic E-state index is 13.2. The summed E-state index contributed by atoms with van der Waals surface area (Å²) in [6.07, 6.45) is 5.45. The van der Waals surface area contributed by atoms with Gasteiger partial charge in [0.25, 0.3) is 0 Å². The van der Waals surface area contributed by atoms with E-state index in [2.05, 4.69) is 32.7 Å². The standard InChI is InChI=1S/C23H39NO4/c1-7-24-13-21(4)12-18(26)22(5)15(2)8-10-23(11-9-17(25)19(22)23)16(3)20(21)28-14-27-6/h13,15-16,18-20,26H,7-12,14H2,1-6H3/t15-,16+,18-,19?,20+,21+,22+,23?/m1/s1. The molecule has 0 aliphatic heterocycles. The van der Waals surface area contributed by atoms with Gasteiger partial charge in [0.15, 0.2) is 0 Å². The molecule has 0 spiro atoms. The van der Waals surface area contributed by atoms with Crippen LogP contribution in [0, 0.1) is 34.0 Å². The van der Waals surface area contributed by atoms with Gasteiger partial charge in [-0.3, -0.25) is 9.79 Å². The summed E-state index contributed by atoms with van der Waals surface area (Å²) in [5, 5.41) is 11.6. The molecule has 0 aromatic heterocycles. The quantitative estimate of drug-likeness (QED) is 0.569. The van der Waals surface area contributed by atoms with Crippen molar-refractivity contribution in [1.82, 2.24) is 0 Å². The number of aliphatic hydroxyl groups is 1. The Morgan fingerprint density at radius 3 is 2.64 bits per heavy atom. The molecule has 5 nitrogen and oxygen atoms in total. The Kier molecular flexibility index (Phi) is 6.11. The Morgan fingerprint density at radius 1 is 1.29 bits per heavy atom. The van der Waals surface area contributed by atoms with Gasteiger partial charge in [-0.25, -0.2) is 0 Å². The lowest BCUT2D eigenvalue weighted by Crippen LogP contribution is -2.63. The van der Waals surface area contributed by atoms with E-state index < -0.39 is 16.9 Å².